The van der Waals surface area contributed by atoms with Crippen LogP contribution in [-0.4, -0.2) is 53.2 Å². The fourth-order valence-electron chi connectivity index (χ4n) is 4.41. The molecule has 0 saturated heterocycles. The van der Waals surface area contributed by atoms with E-state index in [-0.39, 0.29) is 43.4 Å². The average Bonchev–Trinajstić information content (AvgIpc) is 3.13. The van der Waals surface area contributed by atoms with Crippen LogP contribution < -0.4 is 5.32 Å². The van der Waals surface area contributed by atoms with Gasteiger partial charge in [-0.2, -0.15) is 0 Å². The van der Waals surface area contributed by atoms with Crippen molar-refractivity contribution in [3.05, 3.63) is 59.7 Å². The lowest BCUT2D eigenvalue weighted by Crippen LogP contribution is -2.47. The van der Waals surface area contributed by atoms with Crippen molar-refractivity contribution in [3.8, 4) is 11.1 Å². The van der Waals surface area contributed by atoms with Crippen LogP contribution in [0.3, 0.4) is 0 Å². The molecule has 2 N–H and O–H groups in total. The third-order valence-electron chi connectivity index (χ3n) is 6.60. The molecule has 0 radical (unpaired) electrons. The summed E-state index contributed by atoms with van der Waals surface area (Å²) in [6, 6.07) is 15.6. The van der Waals surface area contributed by atoms with Crippen LogP contribution in [0.2, 0.25) is 0 Å². The minimum Gasteiger partial charge on any atom is -0.480 e. The van der Waals surface area contributed by atoms with Gasteiger partial charge >= 0.3 is 12.1 Å². The molecule has 0 fully saturated rings. The number of amides is 2. The summed E-state index contributed by atoms with van der Waals surface area (Å²) < 4.78 is 5.63. The molecule has 0 bridgehead atoms. The molecule has 34 heavy (non-hydrogen) atoms. The van der Waals surface area contributed by atoms with Crippen molar-refractivity contribution in [1.29, 1.82) is 0 Å². The van der Waals surface area contributed by atoms with Crippen molar-refractivity contribution in [2.45, 2.75) is 58.5 Å². The highest BCUT2D eigenvalue weighted by molar-refractivity contribution is 5.83. The van der Waals surface area contributed by atoms with Crippen LogP contribution in [0.1, 0.15) is 57.6 Å². The molecule has 7 heteroatoms. The Bertz CT molecular complexity index is 990. The maximum absolute atomic E-state index is 12.9. The van der Waals surface area contributed by atoms with Crippen LogP contribution >= 0.6 is 0 Å². The molecule has 3 rings (SSSR count). The predicted molar refractivity (Wildman–Crippen MR) is 131 cm³/mol. The summed E-state index contributed by atoms with van der Waals surface area (Å²) in [5.41, 5.74) is 4.57. The second-order valence-electron chi connectivity index (χ2n) is 9.20. The molecule has 0 heterocycles. The van der Waals surface area contributed by atoms with E-state index in [1.807, 2.05) is 52.0 Å². The van der Waals surface area contributed by atoms with E-state index < -0.39 is 18.1 Å². The Kier molecular flexibility index (Phi) is 8.31. The van der Waals surface area contributed by atoms with E-state index in [1.54, 1.807) is 0 Å². The van der Waals surface area contributed by atoms with Gasteiger partial charge in [0.15, 0.2) is 0 Å². The molecule has 0 spiro atoms. The van der Waals surface area contributed by atoms with E-state index in [9.17, 15) is 19.5 Å². The number of carbonyl (C=O) groups is 3. The summed E-state index contributed by atoms with van der Waals surface area (Å²) in [7, 11) is 0. The lowest BCUT2D eigenvalue weighted by atomic mass is 9.98. The number of carbonyl (C=O) groups excluding carboxylic acids is 2. The van der Waals surface area contributed by atoms with E-state index in [0.717, 1.165) is 22.3 Å². The molecule has 2 aromatic carbocycles. The Morgan fingerprint density at radius 2 is 1.56 bits per heavy atom. The monoisotopic (exact) mass is 466 g/mol. The fraction of sp³-hybridized carbons (Fsp3) is 0.444. The highest BCUT2D eigenvalue weighted by atomic mass is 16.5. The number of benzene rings is 2. The van der Waals surface area contributed by atoms with Crippen molar-refractivity contribution in [2.75, 3.05) is 13.2 Å². The quantitative estimate of drug-likeness (QED) is 0.531. The Morgan fingerprint density at radius 3 is 2.06 bits per heavy atom. The van der Waals surface area contributed by atoms with Gasteiger partial charge in [-0.25, -0.2) is 4.79 Å². The summed E-state index contributed by atoms with van der Waals surface area (Å²) in [4.78, 5) is 38.2. The normalized spacial score (nSPS) is 14.1. The molecule has 2 aromatic rings. The number of hydrogen-bond acceptors (Lipinski definition) is 4. The lowest BCUT2D eigenvalue weighted by Gasteiger charge is -2.30. The summed E-state index contributed by atoms with van der Waals surface area (Å²) in [6.07, 6.45) is 0.0756. The Morgan fingerprint density at radius 1 is 1.00 bits per heavy atom. The van der Waals surface area contributed by atoms with Crippen molar-refractivity contribution >= 4 is 18.0 Å². The van der Waals surface area contributed by atoms with Gasteiger partial charge in [0.25, 0.3) is 0 Å². The first kappa shape index (κ1) is 25.3. The number of carboxylic acid groups (broad SMARTS) is 1. The number of carboxylic acids is 1. The van der Waals surface area contributed by atoms with Crippen LogP contribution in [-0.2, 0) is 14.3 Å². The first-order valence-electron chi connectivity index (χ1n) is 11.9. The molecule has 7 nitrogen and oxygen atoms in total. The minimum absolute atomic E-state index is 0.0134. The summed E-state index contributed by atoms with van der Waals surface area (Å²) in [5, 5.41) is 12.0. The molecule has 0 saturated carbocycles. The second-order valence-corrected chi connectivity index (χ2v) is 9.20. The van der Waals surface area contributed by atoms with Crippen LogP contribution in [0.15, 0.2) is 48.5 Å². The smallest absolute Gasteiger partial charge is 0.407 e. The van der Waals surface area contributed by atoms with Gasteiger partial charge in [0.2, 0.25) is 5.91 Å². The van der Waals surface area contributed by atoms with Gasteiger partial charge in [0, 0.05) is 24.4 Å². The second kappa shape index (κ2) is 11.2. The van der Waals surface area contributed by atoms with E-state index in [0.29, 0.717) is 6.42 Å². The van der Waals surface area contributed by atoms with Crippen molar-refractivity contribution in [3.63, 3.8) is 0 Å². The van der Waals surface area contributed by atoms with Gasteiger partial charge in [-0.3, -0.25) is 9.59 Å². The third kappa shape index (κ3) is 5.76. The molecule has 1 aliphatic carbocycles. The molecule has 0 aromatic heterocycles. The number of rotatable bonds is 10. The molecule has 0 aliphatic heterocycles. The average molecular weight is 467 g/mol. The SMILES string of the molecule is CCC(C)N(CC(=O)O)C(=O)CC(NC(=O)OCC1c2ccccc2-c2ccccc21)C(C)C. The summed E-state index contributed by atoms with van der Waals surface area (Å²) in [5.74, 6) is -1.43. The number of nitrogens with zero attached hydrogens (tertiary/aromatic N) is 1. The number of ether oxygens (including phenoxy) is 1. The number of nitrogens with one attached hydrogen (secondary N) is 1. The van der Waals surface area contributed by atoms with Crippen LogP contribution in [0, 0.1) is 5.92 Å². The van der Waals surface area contributed by atoms with E-state index >= 15 is 0 Å². The highest BCUT2D eigenvalue weighted by Crippen LogP contribution is 2.44. The van der Waals surface area contributed by atoms with Crippen LogP contribution in [0.5, 0.6) is 0 Å². The fourth-order valence-corrected chi connectivity index (χ4v) is 4.41. The molecule has 182 valence electrons. The maximum atomic E-state index is 12.9. The molecule has 2 atom stereocenters. The molecule has 2 amide bonds. The predicted octanol–water partition coefficient (Wildman–Crippen LogP) is 4.65. The first-order valence-corrected chi connectivity index (χ1v) is 11.9. The van der Waals surface area contributed by atoms with Gasteiger partial charge < -0.3 is 20.1 Å². The molecule has 1 aliphatic rings. The number of hydrogen-bond donors (Lipinski definition) is 2. The summed E-state index contributed by atoms with van der Waals surface area (Å²) in [6.45, 7) is 7.38. The molecular formula is C27H34N2O5. The number of fused-ring (bicyclic) bond motifs is 3. The Labute approximate surface area is 201 Å². The van der Waals surface area contributed by atoms with Gasteiger partial charge in [-0.15, -0.1) is 0 Å². The van der Waals surface area contributed by atoms with Gasteiger partial charge in [0.05, 0.1) is 0 Å². The van der Waals surface area contributed by atoms with Crippen LogP contribution in [0.4, 0.5) is 4.79 Å². The van der Waals surface area contributed by atoms with Crippen molar-refractivity contribution in [1.82, 2.24) is 10.2 Å². The van der Waals surface area contributed by atoms with E-state index in [1.165, 1.54) is 4.90 Å². The minimum atomic E-state index is -1.06. The van der Waals surface area contributed by atoms with Crippen molar-refractivity contribution < 1.29 is 24.2 Å². The molecule has 2 unspecified atom stereocenters. The highest BCUT2D eigenvalue weighted by Gasteiger charge is 2.30. The topological polar surface area (TPSA) is 95.9 Å². The van der Waals surface area contributed by atoms with Gasteiger partial charge in [-0.05, 0) is 41.5 Å². The van der Waals surface area contributed by atoms with E-state index in [4.69, 9.17) is 4.74 Å². The zero-order chi connectivity index (χ0) is 24.8. The number of alkyl carbamates (subject to hydrolysis) is 1. The third-order valence-corrected chi connectivity index (χ3v) is 6.60. The Balaban J connectivity index is 1.65. The first-order chi connectivity index (χ1) is 16.2. The zero-order valence-electron chi connectivity index (χ0n) is 20.3. The van der Waals surface area contributed by atoms with E-state index in [2.05, 4.69) is 29.6 Å². The zero-order valence-corrected chi connectivity index (χ0v) is 20.3. The standard InChI is InChI=1S/C27H34N2O5/c1-5-18(4)29(15-26(31)32)25(30)14-24(17(2)3)28-27(33)34-16-23-21-12-8-6-10-19(21)20-11-7-9-13-22(20)23/h6-13,17-18,23-24H,5,14-16H2,1-4H3,(H,28,33)(H,31,32). The van der Waals surface area contributed by atoms with Crippen LogP contribution in [0.25, 0.3) is 11.1 Å². The van der Waals surface area contributed by atoms with Gasteiger partial charge in [0.1, 0.15) is 13.2 Å². The summed E-state index contributed by atoms with van der Waals surface area (Å²) >= 11 is 0. The number of aliphatic carboxylic acids is 1. The Hall–Kier alpha value is -3.35. The van der Waals surface area contributed by atoms with Gasteiger partial charge in [-0.1, -0.05) is 69.3 Å². The lowest BCUT2D eigenvalue weighted by molar-refractivity contribution is -0.146. The largest absolute Gasteiger partial charge is 0.480 e. The maximum Gasteiger partial charge on any atom is 0.407 e. The van der Waals surface area contributed by atoms with Crippen molar-refractivity contribution in [2.24, 2.45) is 5.92 Å². The molecular weight excluding hydrogens is 432 g/mol.